The molecule has 2 heterocycles. The van der Waals surface area contributed by atoms with E-state index in [2.05, 4.69) is 10.3 Å². The zero-order valence-electron chi connectivity index (χ0n) is 17.1. The van der Waals surface area contributed by atoms with Crippen molar-refractivity contribution in [2.75, 3.05) is 26.3 Å². The summed E-state index contributed by atoms with van der Waals surface area (Å²) in [5.41, 5.74) is 1.15. The van der Waals surface area contributed by atoms with E-state index in [1.54, 1.807) is 18.3 Å². The van der Waals surface area contributed by atoms with Crippen molar-refractivity contribution in [1.29, 1.82) is 0 Å². The molecule has 9 heteroatoms. The van der Waals surface area contributed by atoms with Gasteiger partial charge in [0.05, 0.1) is 18.1 Å². The normalized spacial score (nSPS) is 16.0. The average molecular weight is 441 g/mol. The van der Waals surface area contributed by atoms with Crippen molar-refractivity contribution in [2.24, 2.45) is 7.05 Å². The van der Waals surface area contributed by atoms with Gasteiger partial charge in [0.25, 0.3) is 5.91 Å². The van der Waals surface area contributed by atoms with Crippen LogP contribution in [0.15, 0.2) is 71.9 Å². The number of hydrogen-bond donors (Lipinski definition) is 1. The largest absolute Gasteiger partial charge is 0.379 e. The zero-order valence-corrected chi connectivity index (χ0v) is 18.0. The predicted molar refractivity (Wildman–Crippen MR) is 115 cm³/mol. The highest BCUT2D eigenvalue weighted by Gasteiger charge is 2.27. The molecule has 0 unspecified atom stereocenters. The standard InChI is InChI=1S/C22H24N4O4S/c1-25-11-10-23-21(25)20(17-6-3-2-4-7-17)24-22(27)18-8-5-9-19(16-18)31(28,29)26-12-14-30-15-13-26/h2-11,16,20H,12-15H2,1H3,(H,24,27)/t20-/m0/s1. The van der Waals surface area contributed by atoms with E-state index in [0.29, 0.717) is 32.1 Å². The van der Waals surface area contributed by atoms with Crippen LogP contribution in [0.25, 0.3) is 0 Å². The van der Waals surface area contributed by atoms with Gasteiger partial charge in [-0.25, -0.2) is 13.4 Å². The van der Waals surface area contributed by atoms with E-state index in [4.69, 9.17) is 4.74 Å². The van der Waals surface area contributed by atoms with Crippen LogP contribution >= 0.6 is 0 Å². The molecule has 0 aliphatic carbocycles. The molecule has 1 aromatic heterocycles. The Morgan fingerprint density at radius 3 is 2.52 bits per heavy atom. The van der Waals surface area contributed by atoms with Crippen LogP contribution in [0.1, 0.15) is 27.8 Å². The van der Waals surface area contributed by atoms with Crippen LogP contribution in [0.3, 0.4) is 0 Å². The fourth-order valence-corrected chi connectivity index (χ4v) is 5.00. The highest BCUT2D eigenvalue weighted by Crippen LogP contribution is 2.22. The molecule has 1 amide bonds. The number of amides is 1. The van der Waals surface area contributed by atoms with Crippen LogP contribution in [0, 0.1) is 0 Å². The Balaban J connectivity index is 1.62. The minimum Gasteiger partial charge on any atom is -0.379 e. The van der Waals surface area contributed by atoms with Crippen LogP contribution in [0.4, 0.5) is 0 Å². The molecule has 162 valence electrons. The van der Waals surface area contributed by atoms with Gasteiger partial charge in [-0.1, -0.05) is 36.4 Å². The maximum absolute atomic E-state index is 13.1. The third kappa shape index (κ3) is 4.53. The number of nitrogens with zero attached hydrogens (tertiary/aromatic N) is 3. The Labute approximate surface area is 181 Å². The van der Waals surface area contributed by atoms with Crippen molar-refractivity contribution in [3.63, 3.8) is 0 Å². The van der Waals surface area contributed by atoms with Crippen LogP contribution in [0.5, 0.6) is 0 Å². The summed E-state index contributed by atoms with van der Waals surface area (Å²) in [5, 5.41) is 3.00. The van der Waals surface area contributed by atoms with E-state index in [9.17, 15) is 13.2 Å². The van der Waals surface area contributed by atoms with Gasteiger partial charge in [0, 0.05) is 38.1 Å². The summed E-state index contributed by atoms with van der Waals surface area (Å²) in [6.07, 6.45) is 3.49. The van der Waals surface area contributed by atoms with Crippen LogP contribution < -0.4 is 5.32 Å². The monoisotopic (exact) mass is 440 g/mol. The van der Waals surface area contributed by atoms with E-state index in [-0.39, 0.29) is 16.4 Å². The number of nitrogens with one attached hydrogen (secondary N) is 1. The van der Waals surface area contributed by atoms with Crippen molar-refractivity contribution in [3.05, 3.63) is 83.9 Å². The Morgan fingerprint density at radius 1 is 1.10 bits per heavy atom. The van der Waals surface area contributed by atoms with Crippen LogP contribution in [-0.4, -0.2) is 54.5 Å². The summed E-state index contributed by atoms with van der Waals surface area (Å²) in [7, 11) is -1.83. The van der Waals surface area contributed by atoms with Crippen LogP contribution in [-0.2, 0) is 21.8 Å². The minimum absolute atomic E-state index is 0.0929. The highest BCUT2D eigenvalue weighted by atomic mass is 32.2. The van der Waals surface area contributed by atoms with E-state index < -0.39 is 16.1 Å². The molecular weight excluding hydrogens is 416 g/mol. The van der Waals surface area contributed by atoms with Gasteiger partial charge in [0.1, 0.15) is 11.9 Å². The lowest BCUT2D eigenvalue weighted by Gasteiger charge is -2.26. The summed E-state index contributed by atoms with van der Waals surface area (Å²) < 4.78 is 34.4. The zero-order chi connectivity index (χ0) is 21.8. The van der Waals surface area contributed by atoms with Crippen molar-refractivity contribution < 1.29 is 17.9 Å². The van der Waals surface area contributed by atoms with Crippen LogP contribution in [0.2, 0.25) is 0 Å². The third-order valence-electron chi connectivity index (χ3n) is 5.23. The summed E-state index contributed by atoms with van der Waals surface area (Å²) in [4.78, 5) is 17.6. The van der Waals surface area contributed by atoms with Gasteiger partial charge in [-0.2, -0.15) is 4.31 Å². The van der Waals surface area contributed by atoms with Gasteiger partial charge in [-0.15, -0.1) is 0 Å². The lowest BCUT2D eigenvalue weighted by atomic mass is 10.1. The predicted octanol–water partition coefficient (Wildman–Crippen LogP) is 1.96. The Bertz CT molecular complexity index is 1160. The fourth-order valence-electron chi connectivity index (χ4n) is 3.55. The number of carbonyl (C=O) groups excluding carboxylic acids is 1. The second-order valence-corrected chi connectivity index (χ2v) is 9.20. The first-order chi connectivity index (χ1) is 15.0. The van der Waals surface area contributed by atoms with E-state index in [1.807, 2.05) is 48.1 Å². The lowest BCUT2D eigenvalue weighted by Crippen LogP contribution is -2.40. The van der Waals surface area contributed by atoms with Gasteiger partial charge in [0.15, 0.2) is 0 Å². The number of aryl methyl sites for hydroxylation is 1. The molecule has 4 rings (SSSR count). The van der Waals surface area contributed by atoms with Crippen molar-refractivity contribution in [1.82, 2.24) is 19.2 Å². The number of aromatic nitrogens is 2. The molecule has 0 saturated carbocycles. The first kappa shape index (κ1) is 21.2. The SMILES string of the molecule is Cn1ccnc1[C@@H](NC(=O)c1cccc(S(=O)(=O)N2CCOCC2)c1)c1ccccc1. The summed E-state index contributed by atoms with van der Waals surface area (Å²) in [6, 6.07) is 15.2. The van der Waals surface area contributed by atoms with E-state index in [1.165, 1.54) is 16.4 Å². The summed E-state index contributed by atoms with van der Waals surface area (Å²) in [5.74, 6) is 0.299. The van der Waals surface area contributed by atoms with Gasteiger partial charge >= 0.3 is 0 Å². The summed E-state index contributed by atoms with van der Waals surface area (Å²) >= 11 is 0. The molecule has 0 bridgehead atoms. The molecule has 0 spiro atoms. The fraction of sp³-hybridized carbons (Fsp3) is 0.273. The number of sulfonamides is 1. The maximum atomic E-state index is 13.1. The number of imidazole rings is 1. The van der Waals surface area contributed by atoms with Gasteiger partial charge in [0.2, 0.25) is 10.0 Å². The van der Waals surface area contributed by atoms with E-state index in [0.717, 1.165) is 5.56 Å². The number of hydrogen-bond acceptors (Lipinski definition) is 5. The molecule has 1 saturated heterocycles. The van der Waals surface area contributed by atoms with E-state index >= 15 is 0 Å². The smallest absolute Gasteiger partial charge is 0.252 e. The van der Waals surface area contributed by atoms with Gasteiger partial charge < -0.3 is 14.6 Å². The third-order valence-corrected chi connectivity index (χ3v) is 7.12. The molecule has 0 radical (unpaired) electrons. The molecule has 31 heavy (non-hydrogen) atoms. The summed E-state index contributed by atoms with van der Waals surface area (Å²) in [6.45, 7) is 1.33. The molecular formula is C22H24N4O4S. The number of benzene rings is 2. The molecule has 2 aromatic carbocycles. The van der Waals surface area contributed by atoms with Crippen molar-refractivity contribution in [2.45, 2.75) is 10.9 Å². The van der Waals surface area contributed by atoms with Gasteiger partial charge in [-0.3, -0.25) is 4.79 Å². The Kier molecular flexibility index (Phi) is 6.17. The first-order valence-electron chi connectivity index (χ1n) is 9.98. The second-order valence-electron chi connectivity index (χ2n) is 7.26. The molecule has 1 aliphatic heterocycles. The van der Waals surface area contributed by atoms with Gasteiger partial charge in [-0.05, 0) is 23.8 Å². The van der Waals surface area contributed by atoms with Crippen molar-refractivity contribution in [3.8, 4) is 0 Å². The maximum Gasteiger partial charge on any atom is 0.252 e. The topological polar surface area (TPSA) is 93.5 Å². The molecule has 1 fully saturated rings. The number of rotatable bonds is 6. The Morgan fingerprint density at radius 2 is 1.84 bits per heavy atom. The lowest BCUT2D eigenvalue weighted by molar-refractivity contribution is 0.0730. The quantitative estimate of drug-likeness (QED) is 0.633. The number of morpholine rings is 1. The average Bonchev–Trinajstić information content (AvgIpc) is 3.24. The Hall–Kier alpha value is -3.01. The molecule has 8 nitrogen and oxygen atoms in total. The number of ether oxygens (including phenoxy) is 1. The van der Waals surface area contributed by atoms with Crippen molar-refractivity contribution >= 4 is 15.9 Å². The highest BCUT2D eigenvalue weighted by molar-refractivity contribution is 7.89. The first-order valence-corrected chi connectivity index (χ1v) is 11.4. The minimum atomic E-state index is -3.69. The molecule has 3 aromatic rings. The second kappa shape index (κ2) is 9.01. The number of carbonyl (C=O) groups is 1. The molecule has 1 N–H and O–H groups in total. The molecule has 1 atom stereocenters. The molecule has 1 aliphatic rings.